The molecule has 1 aliphatic heterocycles. The average molecular weight is 266 g/mol. The van der Waals surface area contributed by atoms with Crippen LogP contribution in [0, 0.1) is 5.92 Å². The molecule has 19 heavy (non-hydrogen) atoms. The van der Waals surface area contributed by atoms with Crippen molar-refractivity contribution in [3.63, 3.8) is 0 Å². The molecule has 0 aromatic carbocycles. The largest absolute Gasteiger partial charge is 0.342 e. The minimum Gasteiger partial charge on any atom is -0.342 e. The van der Waals surface area contributed by atoms with Crippen molar-refractivity contribution in [2.45, 2.75) is 70.8 Å². The molecular formula is C16H30N2O. The van der Waals surface area contributed by atoms with E-state index in [0.29, 0.717) is 18.5 Å². The van der Waals surface area contributed by atoms with Crippen LogP contribution in [-0.2, 0) is 4.79 Å². The minimum absolute atomic E-state index is 0.310. The van der Waals surface area contributed by atoms with Gasteiger partial charge in [-0.05, 0) is 38.5 Å². The average Bonchev–Trinajstić information content (AvgIpc) is 2.74. The zero-order valence-corrected chi connectivity index (χ0v) is 12.5. The molecule has 2 aliphatic rings. The van der Waals surface area contributed by atoms with E-state index in [1.165, 1.54) is 57.8 Å². The number of amides is 1. The third-order valence-corrected chi connectivity index (χ3v) is 4.89. The fraction of sp³-hybridized carbons (Fsp3) is 0.938. The Balaban J connectivity index is 1.69. The van der Waals surface area contributed by atoms with Gasteiger partial charge >= 0.3 is 0 Å². The van der Waals surface area contributed by atoms with E-state index in [1.54, 1.807) is 0 Å². The number of carbonyl (C=O) groups is 1. The minimum atomic E-state index is 0.310. The van der Waals surface area contributed by atoms with Gasteiger partial charge in [-0.15, -0.1) is 0 Å². The lowest BCUT2D eigenvalue weighted by molar-refractivity contribution is -0.130. The van der Waals surface area contributed by atoms with E-state index < -0.39 is 0 Å². The molecule has 0 bridgehead atoms. The second-order valence-electron chi connectivity index (χ2n) is 6.36. The van der Waals surface area contributed by atoms with Crippen LogP contribution in [0.4, 0.5) is 0 Å². The van der Waals surface area contributed by atoms with Crippen LogP contribution in [0.5, 0.6) is 0 Å². The van der Waals surface area contributed by atoms with E-state index in [9.17, 15) is 4.79 Å². The van der Waals surface area contributed by atoms with Gasteiger partial charge in [0.25, 0.3) is 0 Å². The van der Waals surface area contributed by atoms with Gasteiger partial charge in [-0.2, -0.15) is 0 Å². The summed E-state index contributed by atoms with van der Waals surface area (Å²) in [6, 6.07) is 0.497. The van der Waals surface area contributed by atoms with E-state index in [0.717, 1.165) is 19.0 Å². The lowest BCUT2D eigenvalue weighted by atomic mass is 9.84. The molecule has 3 nitrogen and oxygen atoms in total. The Morgan fingerprint density at radius 2 is 1.63 bits per heavy atom. The molecule has 1 atom stereocenters. The van der Waals surface area contributed by atoms with Gasteiger partial charge in [0.2, 0.25) is 5.91 Å². The Labute approximate surface area is 118 Å². The Morgan fingerprint density at radius 3 is 2.26 bits per heavy atom. The molecule has 1 amide bonds. The summed E-state index contributed by atoms with van der Waals surface area (Å²) >= 11 is 0. The van der Waals surface area contributed by atoms with Crippen LogP contribution in [0.3, 0.4) is 0 Å². The summed E-state index contributed by atoms with van der Waals surface area (Å²) in [5, 5.41) is 3.48. The van der Waals surface area contributed by atoms with Crippen molar-refractivity contribution in [3.05, 3.63) is 0 Å². The van der Waals surface area contributed by atoms with E-state index in [1.807, 2.05) is 0 Å². The van der Waals surface area contributed by atoms with Gasteiger partial charge in [-0.25, -0.2) is 0 Å². The third kappa shape index (κ3) is 4.79. The Bertz CT molecular complexity index is 266. The summed E-state index contributed by atoms with van der Waals surface area (Å²) in [5.41, 5.74) is 0. The number of likely N-dealkylation sites (tertiary alicyclic amines) is 1. The topological polar surface area (TPSA) is 32.3 Å². The Morgan fingerprint density at radius 1 is 1.05 bits per heavy atom. The summed E-state index contributed by atoms with van der Waals surface area (Å²) in [5.74, 6) is 1.09. The maximum atomic E-state index is 12.2. The summed E-state index contributed by atoms with van der Waals surface area (Å²) < 4.78 is 0. The van der Waals surface area contributed by atoms with Crippen LogP contribution in [-0.4, -0.2) is 36.5 Å². The van der Waals surface area contributed by atoms with Gasteiger partial charge in [0, 0.05) is 19.1 Å². The first kappa shape index (κ1) is 14.8. The highest BCUT2D eigenvalue weighted by Gasteiger charge is 2.21. The molecule has 2 rings (SSSR count). The molecule has 1 unspecified atom stereocenters. The van der Waals surface area contributed by atoms with E-state index in [2.05, 4.69) is 17.1 Å². The van der Waals surface area contributed by atoms with Crippen LogP contribution >= 0.6 is 0 Å². The standard InChI is InChI=1S/C16H30N2O/c1-14(15-9-5-4-6-10-15)17-13-16(19)18-11-7-2-3-8-12-18/h14-15,17H,2-13H2,1H3. The number of nitrogens with zero attached hydrogens (tertiary/aromatic N) is 1. The molecule has 1 saturated carbocycles. The molecule has 1 aliphatic carbocycles. The zero-order chi connectivity index (χ0) is 13.5. The molecule has 3 heteroatoms. The second-order valence-corrected chi connectivity index (χ2v) is 6.36. The highest BCUT2D eigenvalue weighted by atomic mass is 16.2. The molecule has 0 spiro atoms. The first-order valence-corrected chi connectivity index (χ1v) is 8.28. The van der Waals surface area contributed by atoms with Crippen LogP contribution in [0.1, 0.15) is 64.7 Å². The van der Waals surface area contributed by atoms with Crippen molar-refractivity contribution < 1.29 is 4.79 Å². The van der Waals surface area contributed by atoms with Gasteiger partial charge in [0.15, 0.2) is 0 Å². The Hall–Kier alpha value is -0.570. The van der Waals surface area contributed by atoms with Crippen molar-refractivity contribution in [2.24, 2.45) is 5.92 Å². The van der Waals surface area contributed by atoms with Gasteiger partial charge < -0.3 is 10.2 Å². The number of rotatable bonds is 4. The fourth-order valence-electron chi connectivity index (χ4n) is 3.48. The summed E-state index contributed by atoms with van der Waals surface area (Å²) in [4.78, 5) is 14.3. The number of hydrogen-bond acceptors (Lipinski definition) is 2. The normalized spacial score (nSPS) is 23.9. The lowest BCUT2D eigenvalue weighted by Gasteiger charge is -2.29. The zero-order valence-electron chi connectivity index (χ0n) is 12.5. The maximum Gasteiger partial charge on any atom is 0.236 e. The molecule has 110 valence electrons. The van der Waals surface area contributed by atoms with E-state index in [-0.39, 0.29) is 0 Å². The second kappa shape index (κ2) is 7.88. The van der Waals surface area contributed by atoms with Crippen LogP contribution in [0.2, 0.25) is 0 Å². The molecule has 1 N–H and O–H groups in total. The first-order chi connectivity index (χ1) is 9.27. The van der Waals surface area contributed by atoms with Gasteiger partial charge in [0.05, 0.1) is 6.54 Å². The molecular weight excluding hydrogens is 236 g/mol. The summed E-state index contributed by atoms with van der Waals surface area (Å²) in [6.07, 6.45) is 11.8. The molecule has 2 fully saturated rings. The van der Waals surface area contributed by atoms with Gasteiger partial charge in [-0.1, -0.05) is 32.1 Å². The highest BCUT2D eigenvalue weighted by Crippen LogP contribution is 2.26. The SMILES string of the molecule is CC(NCC(=O)N1CCCCCC1)C1CCCCC1. The van der Waals surface area contributed by atoms with E-state index in [4.69, 9.17) is 0 Å². The van der Waals surface area contributed by atoms with E-state index >= 15 is 0 Å². The smallest absolute Gasteiger partial charge is 0.236 e. The highest BCUT2D eigenvalue weighted by molar-refractivity contribution is 5.78. The quantitative estimate of drug-likeness (QED) is 0.848. The lowest BCUT2D eigenvalue weighted by Crippen LogP contribution is -2.43. The predicted octanol–water partition coefficient (Wildman–Crippen LogP) is 2.95. The molecule has 0 radical (unpaired) electrons. The fourth-order valence-corrected chi connectivity index (χ4v) is 3.48. The molecule has 0 aromatic rings. The van der Waals surface area contributed by atoms with Crippen molar-refractivity contribution in [1.82, 2.24) is 10.2 Å². The summed E-state index contributed by atoms with van der Waals surface area (Å²) in [6.45, 7) is 4.74. The number of hydrogen-bond donors (Lipinski definition) is 1. The van der Waals surface area contributed by atoms with Crippen molar-refractivity contribution in [3.8, 4) is 0 Å². The molecule has 1 saturated heterocycles. The van der Waals surface area contributed by atoms with Gasteiger partial charge in [0.1, 0.15) is 0 Å². The number of nitrogens with one attached hydrogen (secondary N) is 1. The van der Waals surface area contributed by atoms with Crippen LogP contribution in [0.15, 0.2) is 0 Å². The first-order valence-electron chi connectivity index (χ1n) is 8.28. The van der Waals surface area contributed by atoms with Gasteiger partial charge in [-0.3, -0.25) is 4.79 Å². The van der Waals surface area contributed by atoms with Crippen molar-refractivity contribution in [1.29, 1.82) is 0 Å². The molecule has 1 heterocycles. The maximum absolute atomic E-state index is 12.2. The van der Waals surface area contributed by atoms with Crippen LogP contribution in [0.25, 0.3) is 0 Å². The monoisotopic (exact) mass is 266 g/mol. The Kier molecular flexibility index (Phi) is 6.15. The number of carbonyl (C=O) groups excluding carboxylic acids is 1. The van der Waals surface area contributed by atoms with Crippen LogP contribution < -0.4 is 5.32 Å². The van der Waals surface area contributed by atoms with Crippen molar-refractivity contribution >= 4 is 5.91 Å². The molecule has 0 aromatic heterocycles. The predicted molar refractivity (Wildman–Crippen MR) is 79.1 cm³/mol. The van der Waals surface area contributed by atoms with Crippen molar-refractivity contribution in [2.75, 3.05) is 19.6 Å². The third-order valence-electron chi connectivity index (χ3n) is 4.89. The summed E-state index contributed by atoms with van der Waals surface area (Å²) in [7, 11) is 0.